The number of amides is 4. The summed E-state index contributed by atoms with van der Waals surface area (Å²) < 4.78 is 0. The molecule has 2 rings (SSSR count). The average molecular weight is 433 g/mol. The molecule has 0 fully saturated rings. The highest BCUT2D eigenvalue weighted by molar-refractivity contribution is 5.97. The van der Waals surface area contributed by atoms with E-state index in [0.717, 1.165) is 5.56 Å². The third-order valence-electron chi connectivity index (χ3n) is 4.76. The van der Waals surface area contributed by atoms with Gasteiger partial charge in [-0.3, -0.25) is 9.59 Å². The molecule has 0 heterocycles. The molecule has 1 aromatic rings. The maximum atomic E-state index is 12.5. The fraction of sp³-hybridized carbons (Fsp3) is 0.400. The molecule has 4 atom stereocenters. The first-order valence-electron chi connectivity index (χ1n) is 9.58. The number of aliphatic hydroxyl groups excluding tert-OH is 2. The Morgan fingerprint density at radius 1 is 1.19 bits per heavy atom. The monoisotopic (exact) mass is 433 g/mol. The van der Waals surface area contributed by atoms with Gasteiger partial charge < -0.3 is 41.8 Å². The van der Waals surface area contributed by atoms with Gasteiger partial charge in [-0.15, -0.1) is 0 Å². The second-order valence-corrected chi connectivity index (χ2v) is 7.28. The number of hydrogen-bond donors (Lipinski definition) is 6. The van der Waals surface area contributed by atoms with Gasteiger partial charge in [-0.1, -0.05) is 23.8 Å². The average Bonchev–Trinajstić information content (AvgIpc) is 2.69. The molecule has 1 aromatic carbocycles. The van der Waals surface area contributed by atoms with Crippen LogP contribution in [0.25, 0.3) is 0 Å². The number of nitrogens with one attached hydrogen (secondary N) is 3. The Morgan fingerprint density at radius 3 is 2.42 bits per heavy atom. The summed E-state index contributed by atoms with van der Waals surface area (Å²) in [6.07, 6.45) is -2.45. The van der Waals surface area contributed by atoms with Crippen LogP contribution in [0.3, 0.4) is 0 Å². The van der Waals surface area contributed by atoms with Crippen LogP contribution in [0, 0.1) is 6.92 Å². The van der Waals surface area contributed by atoms with Gasteiger partial charge in [0, 0.05) is 23.7 Å². The number of nitrogens with two attached hydrogens (primary N) is 1. The number of carboxylic acid groups (broad SMARTS) is 1. The maximum Gasteiger partial charge on any atom is 0.319 e. The summed E-state index contributed by atoms with van der Waals surface area (Å²) in [5.41, 5.74) is 6.69. The molecule has 31 heavy (non-hydrogen) atoms. The van der Waals surface area contributed by atoms with Gasteiger partial charge in [0.05, 0.1) is 12.1 Å². The van der Waals surface area contributed by atoms with Crippen LogP contribution < -0.4 is 26.8 Å². The summed E-state index contributed by atoms with van der Waals surface area (Å²) in [7, 11) is 0. The predicted octanol–water partition coefficient (Wildman–Crippen LogP) is -1.96. The fourth-order valence-corrected chi connectivity index (χ4v) is 3.02. The minimum atomic E-state index is -1.40. The van der Waals surface area contributed by atoms with Crippen LogP contribution in [0.2, 0.25) is 0 Å². The number of hydrogen-bond acceptors (Lipinski definition) is 7. The van der Waals surface area contributed by atoms with Crippen LogP contribution in [0.4, 0.5) is 10.5 Å². The third-order valence-corrected chi connectivity index (χ3v) is 4.76. The van der Waals surface area contributed by atoms with E-state index in [1.165, 1.54) is 6.08 Å². The van der Waals surface area contributed by atoms with Crippen LogP contribution in [-0.4, -0.2) is 58.3 Å². The van der Waals surface area contributed by atoms with E-state index in [0.29, 0.717) is 5.69 Å². The van der Waals surface area contributed by atoms with E-state index < -0.39 is 54.5 Å². The van der Waals surface area contributed by atoms with Gasteiger partial charge in [-0.2, -0.15) is 0 Å². The van der Waals surface area contributed by atoms with Gasteiger partial charge in [-0.05, 0) is 31.9 Å². The van der Waals surface area contributed by atoms with Gasteiger partial charge in [-0.25, -0.2) is 4.79 Å². The summed E-state index contributed by atoms with van der Waals surface area (Å²) in [4.78, 5) is 46.8. The summed E-state index contributed by atoms with van der Waals surface area (Å²) in [5, 5.41) is 38.2. The molecule has 1 aliphatic rings. The highest BCUT2D eigenvalue weighted by atomic mass is 16.4. The minimum absolute atomic E-state index is 0.00173. The lowest BCUT2D eigenvalue weighted by molar-refractivity contribution is -0.305. The molecule has 0 unspecified atom stereocenters. The third kappa shape index (κ3) is 7.08. The Bertz CT molecular complexity index is 869. The molecule has 7 N–H and O–H groups in total. The van der Waals surface area contributed by atoms with E-state index in [-0.39, 0.29) is 18.4 Å². The summed E-state index contributed by atoms with van der Waals surface area (Å²) in [6, 6.07) is 3.96. The molecule has 168 valence electrons. The van der Waals surface area contributed by atoms with Crippen molar-refractivity contribution in [2.24, 2.45) is 5.73 Å². The molecule has 0 spiro atoms. The number of carbonyl (C=O) groups excluding carboxylic acids is 4. The summed E-state index contributed by atoms with van der Waals surface area (Å²) in [5.74, 6) is -3.11. The zero-order valence-corrected chi connectivity index (χ0v) is 16.8. The highest BCUT2D eigenvalue weighted by Crippen LogP contribution is 2.20. The van der Waals surface area contributed by atoms with E-state index >= 15 is 0 Å². The van der Waals surface area contributed by atoms with Crippen LogP contribution >= 0.6 is 0 Å². The van der Waals surface area contributed by atoms with Crippen LogP contribution in [0.5, 0.6) is 0 Å². The van der Waals surface area contributed by atoms with E-state index in [1.54, 1.807) is 24.3 Å². The SMILES string of the molecule is Cc1ccc(NC(=O)N[C@@H]2C=C(C(=O)N[C@@H](CCC(=O)[O-])C(N)=O)C[C@@H](O)[C@@H]2O)cc1. The first kappa shape index (κ1) is 23.8. The number of benzene rings is 1. The van der Waals surface area contributed by atoms with Crippen molar-refractivity contribution >= 4 is 29.5 Å². The van der Waals surface area contributed by atoms with Crippen LogP contribution in [0.15, 0.2) is 35.9 Å². The fourth-order valence-electron chi connectivity index (χ4n) is 3.02. The number of urea groups is 1. The number of primary amides is 1. The highest BCUT2D eigenvalue weighted by Gasteiger charge is 2.34. The second kappa shape index (κ2) is 10.5. The molecule has 11 heteroatoms. The number of aryl methyl sites for hydroxylation is 1. The van der Waals surface area contributed by atoms with Gasteiger partial charge in [0.25, 0.3) is 0 Å². The lowest BCUT2D eigenvalue weighted by atomic mass is 9.90. The van der Waals surface area contributed by atoms with Gasteiger partial charge in [0.1, 0.15) is 12.1 Å². The van der Waals surface area contributed by atoms with Crippen molar-refractivity contribution in [3.05, 3.63) is 41.5 Å². The zero-order chi connectivity index (χ0) is 23.1. The number of aliphatic hydroxyl groups is 2. The Balaban J connectivity index is 2.07. The zero-order valence-electron chi connectivity index (χ0n) is 16.8. The van der Waals surface area contributed by atoms with Crippen molar-refractivity contribution in [3.8, 4) is 0 Å². The van der Waals surface area contributed by atoms with Crippen LogP contribution in [0.1, 0.15) is 24.8 Å². The molecule has 1 aliphatic carbocycles. The first-order valence-corrected chi connectivity index (χ1v) is 9.58. The van der Waals surface area contributed by atoms with Crippen molar-refractivity contribution in [2.45, 2.75) is 50.5 Å². The smallest absolute Gasteiger partial charge is 0.319 e. The van der Waals surface area contributed by atoms with Crippen LogP contribution in [-0.2, 0) is 14.4 Å². The van der Waals surface area contributed by atoms with Crippen molar-refractivity contribution in [3.63, 3.8) is 0 Å². The molecule has 4 amide bonds. The summed E-state index contributed by atoms with van der Waals surface area (Å²) in [6.45, 7) is 1.89. The Hall–Kier alpha value is -3.44. The number of carboxylic acids is 1. The second-order valence-electron chi connectivity index (χ2n) is 7.28. The topological polar surface area (TPSA) is 194 Å². The predicted molar refractivity (Wildman–Crippen MR) is 107 cm³/mol. The molecule has 0 aromatic heterocycles. The minimum Gasteiger partial charge on any atom is -0.550 e. The number of carbonyl (C=O) groups is 4. The Labute approximate surface area is 178 Å². The molecule has 0 saturated heterocycles. The van der Waals surface area contributed by atoms with E-state index in [1.807, 2.05) is 6.92 Å². The van der Waals surface area contributed by atoms with Crippen molar-refractivity contribution in [2.75, 3.05) is 5.32 Å². The molecule has 0 saturated carbocycles. The quantitative estimate of drug-likeness (QED) is 0.274. The molecular weight excluding hydrogens is 408 g/mol. The maximum absolute atomic E-state index is 12.5. The number of aliphatic carboxylic acids is 1. The van der Waals surface area contributed by atoms with Crippen molar-refractivity contribution in [1.29, 1.82) is 0 Å². The van der Waals surface area contributed by atoms with Gasteiger partial charge >= 0.3 is 6.03 Å². The van der Waals surface area contributed by atoms with E-state index in [2.05, 4.69) is 16.0 Å². The van der Waals surface area contributed by atoms with Crippen molar-refractivity contribution < 1.29 is 34.5 Å². The number of rotatable bonds is 8. The molecule has 0 bridgehead atoms. The number of anilines is 1. The summed E-state index contributed by atoms with van der Waals surface area (Å²) >= 11 is 0. The molecule has 0 radical (unpaired) electrons. The normalized spacial score (nSPS) is 21.4. The van der Waals surface area contributed by atoms with Crippen molar-refractivity contribution in [1.82, 2.24) is 10.6 Å². The van der Waals surface area contributed by atoms with E-state index in [4.69, 9.17) is 5.73 Å². The lowest BCUT2D eigenvalue weighted by Gasteiger charge is -2.31. The largest absolute Gasteiger partial charge is 0.550 e. The Morgan fingerprint density at radius 2 is 1.84 bits per heavy atom. The lowest BCUT2D eigenvalue weighted by Crippen LogP contribution is -2.53. The molecular formula is C20H25N4O7-. The first-order chi connectivity index (χ1) is 14.6. The van der Waals surface area contributed by atoms with Gasteiger partial charge in [0.15, 0.2) is 0 Å². The molecule has 0 aliphatic heterocycles. The van der Waals surface area contributed by atoms with Gasteiger partial charge in [0.2, 0.25) is 11.8 Å². The van der Waals surface area contributed by atoms with E-state index in [9.17, 15) is 34.5 Å². The standard InChI is InChI=1S/C20H26N4O7/c1-10-2-4-12(5-3-10)22-20(31)24-14-8-11(9-15(25)17(14)28)19(30)23-13(18(21)29)6-7-16(26)27/h2-5,8,13-15,17,25,28H,6-7,9H2,1H3,(H2,21,29)(H,23,30)(H,26,27)(H2,22,24,31)/p-1/t13-,14+,15+,17+/m0/s1. The Kier molecular flexibility index (Phi) is 8.11. The molecule has 11 nitrogen and oxygen atoms in total.